The van der Waals surface area contributed by atoms with E-state index in [4.69, 9.17) is 11.6 Å². The summed E-state index contributed by atoms with van der Waals surface area (Å²) < 4.78 is 13.3. The van der Waals surface area contributed by atoms with Crippen LogP contribution < -0.4 is 0 Å². The number of carbonyl (C=O) groups is 1. The number of carbonyl (C=O) groups excluding carboxylic acids is 1. The van der Waals surface area contributed by atoms with Gasteiger partial charge in [-0.1, -0.05) is 0 Å². The molecule has 0 radical (unpaired) electrons. The summed E-state index contributed by atoms with van der Waals surface area (Å²) >= 11 is 11.2. The van der Waals surface area contributed by atoms with E-state index in [1.165, 1.54) is 12.1 Å². The van der Waals surface area contributed by atoms with Crippen LogP contribution in [0, 0.1) is 5.82 Å². The highest BCUT2D eigenvalue weighted by Crippen LogP contribution is 2.30. The molecule has 1 aromatic carbocycles. The molecule has 0 atom stereocenters. The Balaban J connectivity index is 3.36. The molecule has 0 N–H and O–H groups in total. The summed E-state index contributed by atoms with van der Waals surface area (Å²) in [6, 6.07) is 2.49. The Bertz CT molecular complexity index is 340. The van der Waals surface area contributed by atoms with Gasteiger partial charge >= 0.3 is 0 Å². The van der Waals surface area contributed by atoms with Gasteiger partial charge in [0.05, 0.1) is 4.47 Å². The molecule has 0 aliphatic heterocycles. The number of hydrogen-bond donors (Lipinski definition) is 0. The number of halogens is 4. The van der Waals surface area contributed by atoms with Crippen LogP contribution in [0.25, 0.3) is 0 Å². The van der Waals surface area contributed by atoms with Crippen LogP contribution in [0.5, 0.6) is 0 Å². The maximum absolute atomic E-state index is 12.8. The minimum atomic E-state index is -0.623. The first kappa shape index (κ1) is 10.2. The Kier molecular flexibility index (Phi) is 3.26. The van der Waals surface area contributed by atoms with Gasteiger partial charge in [-0.25, -0.2) is 4.39 Å². The van der Waals surface area contributed by atoms with Gasteiger partial charge in [0.25, 0.3) is 5.24 Å². The van der Waals surface area contributed by atoms with Crippen LogP contribution in [0.4, 0.5) is 4.39 Å². The molecule has 0 aliphatic carbocycles. The molecule has 1 aromatic rings. The lowest BCUT2D eigenvalue weighted by molar-refractivity contribution is 0.108. The molecule has 0 amide bonds. The zero-order valence-electron chi connectivity index (χ0n) is 5.57. The van der Waals surface area contributed by atoms with Gasteiger partial charge in [0.2, 0.25) is 0 Å². The molecule has 64 valence electrons. The molecule has 0 spiro atoms. The van der Waals surface area contributed by atoms with Gasteiger partial charge in [0.1, 0.15) is 5.82 Å². The summed E-state index contributed by atoms with van der Waals surface area (Å²) in [6.45, 7) is 0. The molecule has 1 rings (SSSR count). The van der Waals surface area contributed by atoms with Crippen LogP contribution in [-0.4, -0.2) is 5.24 Å². The summed E-state index contributed by atoms with van der Waals surface area (Å²) in [6.07, 6.45) is 0. The molecule has 0 aromatic heterocycles. The second kappa shape index (κ2) is 3.85. The largest absolute Gasteiger partial charge is 0.276 e. The van der Waals surface area contributed by atoms with Gasteiger partial charge in [-0.2, -0.15) is 0 Å². The average molecular weight is 316 g/mol. The van der Waals surface area contributed by atoms with E-state index < -0.39 is 11.1 Å². The molecule has 0 unspecified atom stereocenters. The van der Waals surface area contributed by atoms with Crippen molar-refractivity contribution in [2.24, 2.45) is 0 Å². The van der Waals surface area contributed by atoms with Gasteiger partial charge < -0.3 is 0 Å². The van der Waals surface area contributed by atoms with Crippen molar-refractivity contribution in [2.75, 3.05) is 0 Å². The van der Waals surface area contributed by atoms with Crippen LogP contribution in [0.1, 0.15) is 10.4 Å². The van der Waals surface area contributed by atoms with E-state index in [-0.39, 0.29) is 10.0 Å². The van der Waals surface area contributed by atoms with E-state index in [9.17, 15) is 9.18 Å². The summed E-state index contributed by atoms with van der Waals surface area (Å²) in [5.74, 6) is -0.441. The molecule has 0 saturated carbocycles. The second-order valence-electron chi connectivity index (χ2n) is 2.00. The zero-order chi connectivity index (χ0) is 9.30. The van der Waals surface area contributed by atoms with Crippen LogP contribution in [0.3, 0.4) is 0 Å². The minimum absolute atomic E-state index is 0.203. The fraction of sp³-hybridized carbons (Fsp3) is 0. The van der Waals surface area contributed by atoms with Gasteiger partial charge in [0, 0.05) is 10.0 Å². The maximum Gasteiger partial charge on any atom is 0.253 e. The predicted molar refractivity (Wildman–Crippen MR) is 52.0 cm³/mol. The normalized spacial score (nSPS) is 10.0. The standard InChI is InChI=1S/C7H2Br2ClFO/c8-5-3(7(10)12)1-2-4(11)6(5)9/h1-2H. The van der Waals surface area contributed by atoms with Crippen molar-refractivity contribution in [2.45, 2.75) is 0 Å². The molecular weight excluding hydrogens is 314 g/mol. The molecule has 0 fully saturated rings. The second-order valence-corrected chi connectivity index (χ2v) is 3.93. The third kappa shape index (κ3) is 1.87. The lowest BCUT2D eigenvalue weighted by Crippen LogP contribution is -1.92. The molecule has 1 nitrogen and oxygen atoms in total. The Morgan fingerprint density at radius 2 is 1.92 bits per heavy atom. The Morgan fingerprint density at radius 1 is 1.33 bits per heavy atom. The lowest BCUT2D eigenvalue weighted by atomic mass is 10.2. The molecule has 0 heterocycles. The molecular formula is C7H2Br2ClFO. The Labute approximate surface area is 90.2 Å². The summed E-state index contributed by atoms with van der Waals surface area (Å²) in [4.78, 5) is 10.7. The highest BCUT2D eigenvalue weighted by Gasteiger charge is 2.12. The van der Waals surface area contributed by atoms with Crippen LogP contribution in [0.15, 0.2) is 21.1 Å². The van der Waals surface area contributed by atoms with Crippen molar-refractivity contribution < 1.29 is 9.18 Å². The fourth-order valence-electron chi connectivity index (χ4n) is 0.678. The first-order chi connectivity index (χ1) is 5.54. The number of rotatable bonds is 1. The maximum atomic E-state index is 12.8. The number of hydrogen-bond acceptors (Lipinski definition) is 1. The van der Waals surface area contributed by atoms with Gasteiger partial charge in [-0.05, 0) is 55.6 Å². The highest BCUT2D eigenvalue weighted by molar-refractivity contribution is 9.13. The smallest absolute Gasteiger partial charge is 0.253 e. The van der Waals surface area contributed by atoms with Crippen LogP contribution in [-0.2, 0) is 0 Å². The summed E-state index contributed by atoms with van der Waals surface area (Å²) in [5, 5.41) is -0.623. The molecule has 0 bridgehead atoms. The van der Waals surface area contributed by atoms with E-state index in [0.29, 0.717) is 4.47 Å². The minimum Gasteiger partial charge on any atom is -0.276 e. The predicted octanol–water partition coefficient (Wildman–Crippen LogP) is 3.73. The van der Waals surface area contributed by atoms with Crippen molar-refractivity contribution >= 4 is 48.7 Å². The molecule has 12 heavy (non-hydrogen) atoms. The molecule has 0 saturated heterocycles. The third-order valence-electron chi connectivity index (χ3n) is 1.25. The molecule has 0 aliphatic rings. The topological polar surface area (TPSA) is 17.1 Å². The third-order valence-corrected chi connectivity index (χ3v) is 3.58. The van der Waals surface area contributed by atoms with Crippen LogP contribution in [0.2, 0.25) is 0 Å². The monoisotopic (exact) mass is 314 g/mol. The first-order valence-electron chi connectivity index (χ1n) is 2.87. The Hall–Kier alpha value is 0.0700. The summed E-state index contributed by atoms with van der Waals surface area (Å²) in [7, 11) is 0. The molecule has 5 heteroatoms. The van der Waals surface area contributed by atoms with Crippen molar-refractivity contribution in [1.82, 2.24) is 0 Å². The van der Waals surface area contributed by atoms with E-state index in [0.717, 1.165) is 0 Å². The van der Waals surface area contributed by atoms with Gasteiger partial charge in [-0.15, -0.1) is 0 Å². The zero-order valence-corrected chi connectivity index (χ0v) is 9.50. The van der Waals surface area contributed by atoms with Crippen LogP contribution >= 0.6 is 43.5 Å². The van der Waals surface area contributed by atoms with Crippen molar-refractivity contribution in [3.63, 3.8) is 0 Å². The van der Waals surface area contributed by atoms with E-state index in [1.54, 1.807) is 0 Å². The lowest BCUT2D eigenvalue weighted by Gasteiger charge is -2.01. The highest BCUT2D eigenvalue weighted by atomic mass is 79.9. The summed E-state index contributed by atoms with van der Waals surface area (Å²) in [5.41, 5.74) is 0.241. The van der Waals surface area contributed by atoms with Gasteiger partial charge in [-0.3, -0.25) is 4.79 Å². The first-order valence-corrected chi connectivity index (χ1v) is 4.83. The SMILES string of the molecule is O=C(Cl)c1ccc(F)c(Br)c1Br. The van der Waals surface area contributed by atoms with Crippen molar-refractivity contribution in [3.05, 3.63) is 32.5 Å². The Morgan fingerprint density at radius 3 is 2.42 bits per heavy atom. The van der Waals surface area contributed by atoms with Crippen molar-refractivity contribution in [3.8, 4) is 0 Å². The fourth-order valence-corrected chi connectivity index (χ4v) is 1.80. The average Bonchev–Trinajstić information content (AvgIpc) is 2.00. The van der Waals surface area contributed by atoms with Gasteiger partial charge in [0.15, 0.2) is 0 Å². The van der Waals surface area contributed by atoms with Crippen molar-refractivity contribution in [1.29, 1.82) is 0 Å². The van der Waals surface area contributed by atoms with E-state index in [1.807, 2.05) is 0 Å². The van der Waals surface area contributed by atoms with E-state index >= 15 is 0 Å². The quantitative estimate of drug-likeness (QED) is 0.570. The van der Waals surface area contributed by atoms with E-state index in [2.05, 4.69) is 31.9 Å². The number of benzene rings is 1.